The number of methoxy groups -OCH3 is 1. The van der Waals surface area contributed by atoms with Gasteiger partial charge in [0.15, 0.2) is 5.82 Å². The summed E-state index contributed by atoms with van der Waals surface area (Å²) < 4.78 is 45.2. The van der Waals surface area contributed by atoms with Crippen LogP contribution in [-0.4, -0.2) is 20.5 Å². The van der Waals surface area contributed by atoms with Crippen LogP contribution in [0.4, 0.5) is 10.1 Å². The van der Waals surface area contributed by atoms with Crippen LogP contribution in [0, 0.1) is 12.7 Å². The number of nitrogens with one attached hydrogen (secondary N) is 1. The van der Waals surface area contributed by atoms with Crippen molar-refractivity contribution in [2.45, 2.75) is 11.9 Å². The van der Waals surface area contributed by atoms with Gasteiger partial charge in [-0.05, 0) is 36.8 Å². The summed E-state index contributed by atoms with van der Waals surface area (Å²) in [6.07, 6.45) is 1.21. The minimum atomic E-state index is -4.11. The Hall–Kier alpha value is -2.15. The van der Waals surface area contributed by atoms with Gasteiger partial charge >= 0.3 is 0 Å². The second-order valence-corrected chi connectivity index (χ2v) is 5.70. The highest BCUT2D eigenvalue weighted by Gasteiger charge is 2.22. The molecular weight excluding hydrogens is 283 g/mol. The van der Waals surface area contributed by atoms with Gasteiger partial charge < -0.3 is 4.74 Å². The van der Waals surface area contributed by atoms with E-state index in [0.717, 1.165) is 11.6 Å². The third-order valence-corrected chi connectivity index (χ3v) is 3.88. The lowest BCUT2D eigenvalue weighted by Crippen LogP contribution is -2.16. The van der Waals surface area contributed by atoms with Crippen LogP contribution in [0.2, 0.25) is 0 Å². The number of ether oxygens (including phenoxy) is 1. The second kappa shape index (κ2) is 5.46. The topological polar surface area (TPSA) is 68.3 Å². The van der Waals surface area contributed by atoms with Gasteiger partial charge in [-0.25, -0.2) is 9.37 Å². The molecule has 1 aromatic heterocycles. The molecule has 0 fully saturated rings. The second-order valence-electron chi connectivity index (χ2n) is 4.10. The molecule has 0 spiro atoms. The Balaban J connectivity index is 2.44. The van der Waals surface area contributed by atoms with Crippen molar-refractivity contribution in [2.75, 3.05) is 11.8 Å². The molecule has 1 aromatic carbocycles. The van der Waals surface area contributed by atoms with Crippen molar-refractivity contribution < 1.29 is 17.5 Å². The van der Waals surface area contributed by atoms with E-state index in [-0.39, 0.29) is 5.69 Å². The number of halogens is 1. The summed E-state index contributed by atoms with van der Waals surface area (Å²) in [5, 5.41) is -0.649. The molecule has 0 saturated heterocycles. The van der Waals surface area contributed by atoms with Crippen LogP contribution in [0.1, 0.15) is 5.56 Å². The molecule has 106 valence electrons. The van der Waals surface area contributed by atoms with Crippen molar-refractivity contribution in [1.29, 1.82) is 0 Å². The minimum absolute atomic E-state index is 0.234. The van der Waals surface area contributed by atoms with Gasteiger partial charge in [-0.2, -0.15) is 8.42 Å². The molecular formula is C13H13FN2O3S. The Kier molecular flexibility index (Phi) is 3.89. The highest BCUT2D eigenvalue weighted by molar-refractivity contribution is 7.92. The van der Waals surface area contributed by atoms with Crippen LogP contribution >= 0.6 is 0 Å². The zero-order chi connectivity index (χ0) is 14.8. The zero-order valence-electron chi connectivity index (χ0n) is 10.9. The normalized spacial score (nSPS) is 11.2. The maximum Gasteiger partial charge on any atom is 0.282 e. The summed E-state index contributed by atoms with van der Waals surface area (Å²) in [7, 11) is -2.69. The van der Waals surface area contributed by atoms with E-state index in [1.54, 1.807) is 25.1 Å². The quantitative estimate of drug-likeness (QED) is 0.940. The number of aryl methyl sites for hydroxylation is 1. The highest BCUT2D eigenvalue weighted by atomic mass is 32.2. The maximum absolute atomic E-state index is 13.5. The molecule has 0 aliphatic carbocycles. The van der Waals surface area contributed by atoms with Gasteiger partial charge in [0.2, 0.25) is 5.03 Å². The van der Waals surface area contributed by atoms with Crippen LogP contribution in [0.25, 0.3) is 0 Å². The van der Waals surface area contributed by atoms with Gasteiger partial charge in [0.05, 0.1) is 12.8 Å². The predicted octanol–water partition coefficient (Wildman–Crippen LogP) is 2.34. The number of pyridine rings is 1. The van der Waals surface area contributed by atoms with Crippen LogP contribution in [0.15, 0.2) is 41.6 Å². The first-order valence-electron chi connectivity index (χ1n) is 5.72. The molecule has 0 aliphatic rings. The zero-order valence-corrected chi connectivity index (χ0v) is 11.7. The van der Waals surface area contributed by atoms with Gasteiger partial charge in [0.25, 0.3) is 10.0 Å². The fraction of sp³-hybridized carbons (Fsp3) is 0.154. The third kappa shape index (κ3) is 2.88. The van der Waals surface area contributed by atoms with Crippen LogP contribution < -0.4 is 9.46 Å². The summed E-state index contributed by atoms with van der Waals surface area (Å²) in [6.45, 7) is 1.80. The smallest absolute Gasteiger partial charge is 0.282 e. The molecule has 2 aromatic rings. The van der Waals surface area contributed by atoms with Crippen molar-refractivity contribution in [3.63, 3.8) is 0 Å². The first kappa shape index (κ1) is 14.3. The molecule has 0 unspecified atom stereocenters. The summed E-state index contributed by atoms with van der Waals surface area (Å²) in [5.41, 5.74) is 1.07. The molecule has 7 heteroatoms. The van der Waals surface area contributed by atoms with Gasteiger partial charge in [-0.1, -0.05) is 6.07 Å². The Morgan fingerprint density at radius 1 is 1.30 bits per heavy atom. The van der Waals surface area contributed by atoms with E-state index >= 15 is 0 Å². The molecule has 20 heavy (non-hydrogen) atoms. The van der Waals surface area contributed by atoms with Gasteiger partial charge in [0.1, 0.15) is 5.75 Å². The number of rotatable bonds is 4. The Labute approximate surface area is 116 Å². The Bertz CT molecular complexity index is 732. The van der Waals surface area contributed by atoms with Crippen molar-refractivity contribution >= 4 is 15.7 Å². The van der Waals surface area contributed by atoms with Crippen LogP contribution in [-0.2, 0) is 10.0 Å². The molecule has 0 radical (unpaired) electrons. The van der Waals surface area contributed by atoms with Gasteiger partial charge in [-0.15, -0.1) is 0 Å². The van der Waals surface area contributed by atoms with Crippen molar-refractivity contribution in [1.82, 2.24) is 4.98 Å². The molecule has 0 atom stereocenters. The van der Waals surface area contributed by atoms with E-state index in [1.165, 1.54) is 19.4 Å². The number of hydrogen-bond acceptors (Lipinski definition) is 4. The van der Waals surface area contributed by atoms with Crippen molar-refractivity contribution in [2.24, 2.45) is 0 Å². The fourth-order valence-corrected chi connectivity index (χ4v) is 2.73. The van der Waals surface area contributed by atoms with Crippen LogP contribution in [0.5, 0.6) is 5.75 Å². The molecule has 2 rings (SSSR count). The minimum Gasteiger partial charge on any atom is -0.495 e. The number of nitrogens with zero attached hydrogens (tertiary/aromatic N) is 1. The standard InChI is InChI=1S/C13H13FN2O3S/c1-9-5-6-12(19-2)11(8-9)16-20(17,18)13-10(14)4-3-7-15-13/h3-8,16H,1-2H3. The Morgan fingerprint density at radius 2 is 2.05 bits per heavy atom. The van der Waals surface area contributed by atoms with E-state index < -0.39 is 20.9 Å². The monoisotopic (exact) mass is 296 g/mol. The molecule has 5 nitrogen and oxygen atoms in total. The summed E-state index contributed by atoms with van der Waals surface area (Å²) in [6, 6.07) is 7.35. The number of anilines is 1. The number of sulfonamides is 1. The summed E-state index contributed by atoms with van der Waals surface area (Å²) in [4.78, 5) is 3.56. The fourth-order valence-electron chi connectivity index (χ4n) is 1.66. The van der Waals surface area contributed by atoms with E-state index in [2.05, 4.69) is 9.71 Å². The lowest BCUT2D eigenvalue weighted by molar-refractivity contribution is 0.416. The molecule has 0 saturated carbocycles. The lowest BCUT2D eigenvalue weighted by atomic mass is 10.2. The van der Waals surface area contributed by atoms with Crippen molar-refractivity contribution in [3.05, 3.63) is 47.9 Å². The first-order valence-corrected chi connectivity index (χ1v) is 7.20. The van der Waals surface area contributed by atoms with Crippen molar-refractivity contribution in [3.8, 4) is 5.75 Å². The number of aromatic nitrogens is 1. The average molecular weight is 296 g/mol. The summed E-state index contributed by atoms with van der Waals surface area (Å²) >= 11 is 0. The molecule has 1 N–H and O–H groups in total. The lowest BCUT2D eigenvalue weighted by Gasteiger charge is -2.12. The molecule has 0 aliphatic heterocycles. The first-order chi connectivity index (χ1) is 9.44. The predicted molar refractivity (Wildman–Crippen MR) is 72.7 cm³/mol. The van der Waals surface area contributed by atoms with E-state index in [4.69, 9.17) is 4.74 Å². The third-order valence-electron chi connectivity index (χ3n) is 2.58. The molecule has 0 amide bonds. The maximum atomic E-state index is 13.5. The Morgan fingerprint density at radius 3 is 2.70 bits per heavy atom. The van der Waals surface area contributed by atoms with E-state index in [1.807, 2.05) is 0 Å². The summed E-state index contributed by atoms with van der Waals surface area (Å²) in [5.74, 6) is -0.567. The molecule has 0 bridgehead atoms. The van der Waals surface area contributed by atoms with Crippen LogP contribution in [0.3, 0.4) is 0 Å². The van der Waals surface area contributed by atoms with E-state index in [0.29, 0.717) is 5.75 Å². The average Bonchev–Trinajstić information content (AvgIpc) is 2.39. The number of hydrogen-bond donors (Lipinski definition) is 1. The van der Waals surface area contributed by atoms with Gasteiger partial charge in [-0.3, -0.25) is 4.72 Å². The van der Waals surface area contributed by atoms with Gasteiger partial charge in [0, 0.05) is 6.20 Å². The number of benzene rings is 1. The highest BCUT2D eigenvalue weighted by Crippen LogP contribution is 2.27. The van der Waals surface area contributed by atoms with E-state index in [9.17, 15) is 12.8 Å². The largest absolute Gasteiger partial charge is 0.495 e. The SMILES string of the molecule is COc1ccc(C)cc1NS(=O)(=O)c1ncccc1F. The molecule has 1 heterocycles.